The van der Waals surface area contributed by atoms with E-state index in [2.05, 4.69) is 11.8 Å². The molecule has 0 radical (unpaired) electrons. The lowest BCUT2D eigenvalue weighted by molar-refractivity contribution is -0.139. The van der Waals surface area contributed by atoms with Crippen molar-refractivity contribution < 1.29 is 18.7 Å². The first-order valence-electron chi connectivity index (χ1n) is 11.2. The maximum absolute atomic E-state index is 14.3. The highest BCUT2D eigenvalue weighted by Crippen LogP contribution is 2.29. The van der Waals surface area contributed by atoms with E-state index >= 15 is 0 Å². The van der Waals surface area contributed by atoms with Gasteiger partial charge in [0.1, 0.15) is 5.82 Å². The first-order chi connectivity index (χ1) is 15.5. The van der Waals surface area contributed by atoms with Crippen LogP contribution in [0.1, 0.15) is 18.9 Å². The van der Waals surface area contributed by atoms with Gasteiger partial charge in [-0.2, -0.15) is 0 Å². The molecule has 0 bridgehead atoms. The SMILES string of the molecule is CC(CN1CCOCC1)N(Cc1ccccc1)C(=O)C1CC(=O)N(c2ccccc2F)C1. The van der Waals surface area contributed by atoms with E-state index in [9.17, 15) is 14.0 Å². The lowest BCUT2D eigenvalue weighted by Crippen LogP contribution is -2.49. The minimum absolute atomic E-state index is 0.0292. The number of rotatable bonds is 7. The summed E-state index contributed by atoms with van der Waals surface area (Å²) in [7, 11) is 0. The number of nitrogens with zero attached hydrogens (tertiary/aromatic N) is 3. The number of hydrogen-bond donors (Lipinski definition) is 0. The zero-order chi connectivity index (χ0) is 22.5. The molecule has 2 aromatic carbocycles. The standard InChI is InChI=1S/C25H30FN3O3/c1-19(16-27-11-13-32-14-12-27)28(17-20-7-3-2-4-8-20)25(31)21-15-24(30)29(18-21)23-10-6-5-9-22(23)26/h2-10,19,21H,11-18H2,1H3. The molecule has 2 aromatic rings. The molecule has 2 heterocycles. The maximum Gasteiger partial charge on any atom is 0.228 e. The third-order valence-corrected chi connectivity index (χ3v) is 6.25. The fourth-order valence-corrected chi connectivity index (χ4v) is 4.50. The molecule has 2 aliphatic heterocycles. The Morgan fingerprint density at radius 2 is 1.81 bits per heavy atom. The zero-order valence-corrected chi connectivity index (χ0v) is 18.5. The van der Waals surface area contributed by atoms with Gasteiger partial charge in [-0.05, 0) is 24.6 Å². The molecule has 2 atom stereocenters. The van der Waals surface area contributed by atoms with Crippen molar-refractivity contribution in [3.8, 4) is 0 Å². The molecule has 0 N–H and O–H groups in total. The predicted octanol–water partition coefficient (Wildman–Crippen LogP) is 2.93. The topological polar surface area (TPSA) is 53.1 Å². The minimum atomic E-state index is -0.488. The van der Waals surface area contributed by atoms with E-state index in [0.717, 1.165) is 25.2 Å². The van der Waals surface area contributed by atoms with Gasteiger partial charge in [-0.15, -0.1) is 0 Å². The molecular formula is C25H30FN3O3. The van der Waals surface area contributed by atoms with Crippen LogP contribution in [-0.4, -0.2) is 67.0 Å². The van der Waals surface area contributed by atoms with Gasteiger partial charge in [0.2, 0.25) is 11.8 Å². The van der Waals surface area contributed by atoms with Crippen LogP contribution in [0.3, 0.4) is 0 Å². The Labute approximate surface area is 188 Å². The highest BCUT2D eigenvalue weighted by atomic mass is 19.1. The average Bonchev–Trinajstić information content (AvgIpc) is 3.20. The van der Waals surface area contributed by atoms with E-state index in [1.54, 1.807) is 18.2 Å². The Balaban J connectivity index is 1.51. The van der Waals surface area contributed by atoms with Gasteiger partial charge in [-0.25, -0.2) is 4.39 Å². The van der Waals surface area contributed by atoms with E-state index < -0.39 is 11.7 Å². The Morgan fingerprint density at radius 3 is 2.53 bits per heavy atom. The Bertz CT molecular complexity index is 933. The number of anilines is 1. The molecule has 0 spiro atoms. The number of amides is 2. The number of benzene rings is 2. The molecule has 7 heteroatoms. The van der Waals surface area contributed by atoms with Gasteiger partial charge in [-0.1, -0.05) is 42.5 Å². The number of ether oxygens (including phenoxy) is 1. The van der Waals surface area contributed by atoms with Crippen LogP contribution in [-0.2, 0) is 20.9 Å². The number of carbonyl (C=O) groups is 2. The predicted molar refractivity (Wildman–Crippen MR) is 121 cm³/mol. The van der Waals surface area contributed by atoms with Crippen molar-refractivity contribution in [2.24, 2.45) is 5.92 Å². The van der Waals surface area contributed by atoms with Crippen LogP contribution in [0.25, 0.3) is 0 Å². The lowest BCUT2D eigenvalue weighted by atomic mass is 10.0. The fraction of sp³-hybridized carbons (Fsp3) is 0.440. The third kappa shape index (κ3) is 5.16. The highest BCUT2D eigenvalue weighted by Gasteiger charge is 2.39. The largest absolute Gasteiger partial charge is 0.379 e. The Morgan fingerprint density at radius 1 is 1.12 bits per heavy atom. The molecule has 0 saturated carbocycles. The first kappa shape index (κ1) is 22.4. The molecular weight excluding hydrogens is 409 g/mol. The molecule has 4 rings (SSSR count). The van der Waals surface area contributed by atoms with Crippen molar-refractivity contribution in [1.82, 2.24) is 9.80 Å². The first-order valence-corrected chi connectivity index (χ1v) is 11.2. The quantitative estimate of drug-likeness (QED) is 0.666. The number of para-hydroxylation sites is 1. The summed E-state index contributed by atoms with van der Waals surface area (Å²) in [5.74, 6) is -1.20. The summed E-state index contributed by atoms with van der Waals surface area (Å²) >= 11 is 0. The van der Waals surface area contributed by atoms with Crippen LogP contribution in [0.2, 0.25) is 0 Å². The van der Waals surface area contributed by atoms with Crippen LogP contribution >= 0.6 is 0 Å². The van der Waals surface area contributed by atoms with Crippen LogP contribution in [0.5, 0.6) is 0 Å². The molecule has 2 saturated heterocycles. The second-order valence-corrected chi connectivity index (χ2v) is 8.57. The number of morpholine rings is 1. The summed E-state index contributed by atoms with van der Waals surface area (Å²) < 4.78 is 19.7. The summed E-state index contributed by atoms with van der Waals surface area (Å²) in [6.07, 6.45) is 0.0999. The second kappa shape index (κ2) is 10.2. The van der Waals surface area contributed by atoms with E-state index in [1.807, 2.05) is 35.2 Å². The monoisotopic (exact) mass is 439 g/mol. The van der Waals surface area contributed by atoms with Crippen molar-refractivity contribution in [3.05, 3.63) is 66.0 Å². The molecule has 0 aliphatic carbocycles. The summed E-state index contributed by atoms with van der Waals surface area (Å²) in [5.41, 5.74) is 1.29. The van der Waals surface area contributed by atoms with E-state index in [4.69, 9.17) is 4.74 Å². The highest BCUT2D eigenvalue weighted by molar-refractivity contribution is 6.00. The number of halogens is 1. The van der Waals surface area contributed by atoms with Gasteiger partial charge in [-0.3, -0.25) is 14.5 Å². The molecule has 170 valence electrons. The maximum atomic E-state index is 14.3. The molecule has 0 aromatic heterocycles. The molecule has 2 unspecified atom stereocenters. The summed E-state index contributed by atoms with van der Waals surface area (Å²) in [4.78, 5) is 31.9. The summed E-state index contributed by atoms with van der Waals surface area (Å²) in [6.45, 7) is 6.59. The van der Waals surface area contributed by atoms with Crippen molar-refractivity contribution in [2.45, 2.75) is 25.9 Å². The Hall–Kier alpha value is -2.77. The second-order valence-electron chi connectivity index (χ2n) is 8.57. The van der Waals surface area contributed by atoms with Gasteiger partial charge < -0.3 is 14.5 Å². The normalized spacial score (nSPS) is 20.4. The number of hydrogen-bond acceptors (Lipinski definition) is 4. The summed E-state index contributed by atoms with van der Waals surface area (Å²) in [6, 6.07) is 16.1. The van der Waals surface area contributed by atoms with E-state index in [1.165, 1.54) is 11.0 Å². The molecule has 2 fully saturated rings. The van der Waals surface area contributed by atoms with Crippen molar-refractivity contribution >= 4 is 17.5 Å². The van der Waals surface area contributed by atoms with Gasteiger partial charge in [0.05, 0.1) is 24.8 Å². The summed E-state index contributed by atoms with van der Waals surface area (Å²) in [5, 5.41) is 0. The van der Waals surface area contributed by atoms with Gasteiger partial charge in [0, 0.05) is 45.2 Å². The van der Waals surface area contributed by atoms with E-state index in [-0.39, 0.29) is 36.5 Å². The van der Waals surface area contributed by atoms with Crippen LogP contribution in [0.15, 0.2) is 54.6 Å². The van der Waals surface area contributed by atoms with Crippen molar-refractivity contribution in [3.63, 3.8) is 0 Å². The Kier molecular flexibility index (Phi) is 7.17. The van der Waals surface area contributed by atoms with Crippen LogP contribution in [0.4, 0.5) is 10.1 Å². The van der Waals surface area contributed by atoms with E-state index in [0.29, 0.717) is 19.8 Å². The van der Waals surface area contributed by atoms with Gasteiger partial charge in [0.15, 0.2) is 0 Å². The van der Waals surface area contributed by atoms with Gasteiger partial charge in [0.25, 0.3) is 0 Å². The average molecular weight is 440 g/mol. The molecule has 2 aliphatic rings. The van der Waals surface area contributed by atoms with Crippen LogP contribution in [0, 0.1) is 11.7 Å². The van der Waals surface area contributed by atoms with Crippen molar-refractivity contribution in [2.75, 3.05) is 44.3 Å². The van der Waals surface area contributed by atoms with Crippen LogP contribution < -0.4 is 4.90 Å². The minimum Gasteiger partial charge on any atom is -0.379 e. The fourth-order valence-electron chi connectivity index (χ4n) is 4.50. The third-order valence-electron chi connectivity index (χ3n) is 6.25. The zero-order valence-electron chi connectivity index (χ0n) is 18.5. The van der Waals surface area contributed by atoms with Gasteiger partial charge >= 0.3 is 0 Å². The number of carbonyl (C=O) groups excluding carboxylic acids is 2. The smallest absolute Gasteiger partial charge is 0.228 e. The molecule has 32 heavy (non-hydrogen) atoms. The van der Waals surface area contributed by atoms with Crippen molar-refractivity contribution in [1.29, 1.82) is 0 Å². The molecule has 6 nitrogen and oxygen atoms in total. The molecule has 2 amide bonds. The lowest BCUT2D eigenvalue weighted by Gasteiger charge is -2.36.